The molecule has 0 aliphatic rings. The summed E-state index contributed by atoms with van der Waals surface area (Å²) < 4.78 is 15.5. The summed E-state index contributed by atoms with van der Waals surface area (Å²) in [5.41, 5.74) is 1.88. The van der Waals surface area contributed by atoms with Crippen LogP contribution in [0.15, 0.2) is 65.1 Å². The van der Waals surface area contributed by atoms with Crippen molar-refractivity contribution in [3.8, 4) is 11.3 Å². The number of quaternary nitrogens is 1. The van der Waals surface area contributed by atoms with Crippen molar-refractivity contribution in [2.24, 2.45) is 0 Å². The number of carbonyl (C=O) groups is 2. The molecule has 2 aromatic carbocycles. The van der Waals surface area contributed by atoms with Gasteiger partial charge in [-0.05, 0) is 42.8 Å². The summed E-state index contributed by atoms with van der Waals surface area (Å²) in [5, 5.41) is 12.5. The van der Waals surface area contributed by atoms with Crippen molar-refractivity contribution >= 4 is 11.9 Å². The van der Waals surface area contributed by atoms with Crippen LogP contribution in [0.2, 0.25) is 0 Å². The second-order valence-corrected chi connectivity index (χ2v) is 7.20. The molecule has 7 heteroatoms. The van der Waals surface area contributed by atoms with E-state index in [1.165, 1.54) is 20.3 Å². The zero-order chi connectivity index (χ0) is 22.4. The first kappa shape index (κ1) is 22.3. The Morgan fingerprint density at radius 1 is 0.968 bits per heavy atom. The maximum Gasteiger partial charge on any atom is 0.337 e. The minimum atomic E-state index is -0.602. The number of hydrogen-bond donors (Lipinski definition) is 2. The van der Waals surface area contributed by atoms with Crippen molar-refractivity contribution in [1.29, 1.82) is 0 Å². The number of rotatable bonds is 8. The maximum atomic E-state index is 12.0. The van der Waals surface area contributed by atoms with Gasteiger partial charge in [0.2, 0.25) is 0 Å². The molecule has 3 aromatic rings. The highest BCUT2D eigenvalue weighted by atomic mass is 16.5. The fraction of sp³-hybridized carbons (Fsp3) is 0.250. The van der Waals surface area contributed by atoms with Gasteiger partial charge in [-0.3, -0.25) is 0 Å². The van der Waals surface area contributed by atoms with E-state index >= 15 is 0 Å². The van der Waals surface area contributed by atoms with Crippen LogP contribution < -0.4 is 5.32 Å². The van der Waals surface area contributed by atoms with Gasteiger partial charge in [-0.25, -0.2) is 9.59 Å². The third kappa shape index (κ3) is 5.39. The van der Waals surface area contributed by atoms with Crippen LogP contribution in [0.5, 0.6) is 0 Å². The molecule has 0 bridgehead atoms. The highest BCUT2D eigenvalue weighted by Gasteiger charge is 2.20. The van der Waals surface area contributed by atoms with Gasteiger partial charge in [0.05, 0.1) is 25.3 Å². The minimum Gasteiger partial charge on any atom is -0.465 e. The Morgan fingerprint density at radius 3 is 2.16 bits per heavy atom. The molecule has 0 aliphatic carbocycles. The maximum absolute atomic E-state index is 12.0. The normalized spacial score (nSPS) is 12.8. The lowest BCUT2D eigenvalue weighted by atomic mass is 10.0. The third-order valence-electron chi connectivity index (χ3n) is 5.05. The molecule has 3 N–H and O–H groups in total. The summed E-state index contributed by atoms with van der Waals surface area (Å²) in [4.78, 5) is 24.0. The summed E-state index contributed by atoms with van der Waals surface area (Å²) in [6, 6.07) is 17.7. The summed E-state index contributed by atoms with van der Waals surface area (Å²) >= 11 is 0. The first-order valence-electron chi connectivity index (χ1n) is 9.90. The van der Waals surface area contributed by atoms with Crippen molar-refractivity contribution in [3.63, 3.8) is 0 Å². The molecule has 2 atom stereocenters. The monoisotopic (exact) mass is 424 g/mol. The van der Waals surface area contributed by atoms with E-state index in [9.17, 15) is 14.7 Å². The molecule has 0 saturated heterocycles. The number of benzene rings is 2. The third-order valence-corrected chi connectivity index (χ3v) is 5.05. The zero-order valence-corrected chi connectivity index (χ0v) is 17.7. The lowest BCUT2D eigenvalue weighted by molar-refractivity contribution is -0.710. The molecule has 1 aromatic heterocycles. The second kappa shape index (κ2) is 10.1. The first-order chi connectivity index (χ1) is 14.9. The number of furan rings is 1. The number of ether oxygens (including phenoxy) is 2. The van der Waals surface area contributed by atoms with Gasteiger partial charge in [0.15, 0.2) is 5.76 Å². The number of nitrogens with two attached hydrogens (primary N) is 1. The molecule has 31 heavy (non-hydrogen) atoms. The molecule has 1 heterocycles. The largest absolute Gasteiger partial charge is 0.465 e. The number of methoxy groups -OCH3 is 2. The Morgan fingerprint density at radius 2 is 1.58 bits per heavy atom. The zero-order valence-electron chi connectivity index (χ0n) is 17.7. The summed E-state index contributed by atoms with van der Waals surface area (Å²) in [6.07, 6.45) is -0.602. The van der Waals surface area contributed by atoms with Crippen molar-refractivity contribution in [3.05, 3.63) is 83.1 Å². The van der Waals surface area contributed by atoms with Gasteiger partial charge >= 0.3 is 11.9 Å². The van der Waals surface area contributed by atoms with Gasteiger partial charge in [0, 0.05) is 5.56 Å². The number of aliphatic hydroxyl groups excluding tert-OH is 1. The molecule has 0 saturated carbocycles. The molecule has 0 fully saturated rings. The van der Waals surface area contributed by atoms with E-state index in [0.29, 0.717) is 23.6 Å². The Labute approximate surface area is 180 Å². The minimum absolute atomic E-state index is 0.0791. The SMILES string of the molecule is COC(=O)c1cc(C(=O)OC)cc(-c2ccc(C[NH2+][C@H](C)[C@@H](O)c3ccccc3)o2)c1. The lowest BCUT2D eigenvalue weighted by Gasteiger charge is -2.17. The van der Waals surface area contributed by atoms with Crippen molar-refractivity contribution < 1.29 is 33.9 Å². The van der Waals surface area contributed by atoms with Crippen LogP contribution in [0.1, 0.15) is 45.1 Å². The topological polar surface area (TPSA) is 103 Å². The van der Waals surface area contributed by atoms with Crippen molar-refractivity contribution in [2.45, 2.75) is 25.6 Å². The van der Waals surface area contributed by atoms with E-state index in [0.717, 1.165) is 5.56 Å². The van der Waals surface area contributed by atoms with Gasteiger partial charge in [0.1, 0.15) is 24.5 Å². The first-order valence-corrected chi connectivity index (χ1v) is 9.90. The molecule has 7 nitrogen and oxygen atoms in total. The fourth-order valence-electron chi connectivity index (χ4n) is 3.27. The lowest BCUT2D eigenvalue weighted by Crippen LogP contribution is -2.88. The van der Waals surface area contributed by atoms with E-state index in [4.69, 9.17) is 13.9 Å². The Bertz CT molecular complexity index is 1010. The standard InChI is InChI=1S/C24H25NO6/c1-15(22(26)16-7-5-4-6-8-16)25-14-20-9-10-21(31-20)17-11-18(23(27)29-2)13-19(12-17)24(28)30-3/h4-13,15,22,25-26H,14H2,1-3H3/p+1/t15-,22-/m1/s1. The van der Waals surface area contributed by atoms with Crippen LogP contribution in [-0.2, 0) is 16.0 Å². The molecular formula is C24H26NO6+. The average Bonchev–Trinajstić information content (AvgIpc) is 3.30. The predicted molar refractivity (Wildman–Crippen MR) is 113 cm³/mol. The highest BCUT2D eigenvalue weighted by molar-refractivity contribution is 5.97. The molecule has 0 amide bonds. The van der Waals surface area contributed by atoms with Crippen LogP contribution in [0, 0.1) is 0 Å². The highest BCUT2D eigenvalue weighted by Crippen LogP contribution is 2.25. The second-order valence-electron chi connectivity index (χ2n) is 7.20. The molecule has 0 radical (unpaired) electrons. The smallest absolute Gasteiger partial charge is 0.337 e. The van der Waals surface area contributed by atoms with Gasteiger partial charge in [-0.2, -0.15) is 0 Å². The summed E-state index contributed by atoms with van der Waals surface area (Å²) in [7, 11) is 2.55. The molecule has 162 valence electrons. The predicted octanol–water partition coefficient (Wildman–Crippen LogP) is 2.71. The molecule has 0 unspecified atom stereocenters. The van der Waals surface area contributed by atoms with E-state index in [2.05, 4.69) is 0 Å². The van der Waals surface area contributed by atoms with E-state index < -0.39 is 18.0 Å². The summed E-state index contributed by atoms with van der Waals surface area (Å²) in [5.74, 6) is 0.0902. The Balaban J connectivity index is 1.75. The van der Waals surface area contributed by atoms with E-state index in [-0.39, 0.29) is 17.2 Å². The number of hydrogen-bond acceptors (Lipinski definition) is 6. The van der Waals surface area contributed by atoms with Gasteiger partial charge < -0.3 is 24.3 Å². The Hall–Kier alpha value is -3.42. The van der Waals surface area contributed by atoms with E-state index in [1.54, 1.807) is 18.2 Å². The number of aliphatic hydroxyl groups is 1. The van der Waals surface area contributed by atoms with Crippen LogP contribution in [0.4, 0.5) is 0 Å². The summed E-state index contributed by atoms with van der Waals surface area (Å²) in [6.45, 7) is 2.47. The van der Waals surface area contributed by atoms with E-state index in [1.807, 2.05) is 48.6 Å². The molecule has 3 rings (SSSR count). The van der Waals surface area contributed by atoms with Crippen molar-refractivity contribution in [1.82, 2.24) is 0 Å². The van der Waals surface area contributed by atoms with Crippen LogP contribution in [-0.4, -0.2) is 37.3 Å². The van der Waals surface area contributed by atoms with Crippen molar-refractivity contribution in [2.75, 3.05) is 14.2 Å². The number of carbonyl (C=O) groups excluding carboxylic acids is 2. The van der Waals surface area contributed by atoms with Gasteiger partial charge in [0.25, 0.3) is 0 Å². The molecular weight excluding hydrogens is 398 g/mol. The fourth-order valence-corrected chi connectivity index (χ4v) is 3.27. The van der Waals surface area contributed by atoms with Gasteiger partial charge in [-0.1, -0.05) is 30.3 Å². The quantitative estimate of drug-likeness (QED) is 0.539. The molecule has 0 aliphatic heterocycles. The van der Waals surface area contributed by atoms with Crippen LogP contribution in [0.3, 0.4) is 0 Å². The average molecular weight is 424 g/mol. The van der Waals surface area contributed by atoms with Crippen LogP contribution >= 0.6 is 0 Å². The Kier molecular flexibility index (Phi) is 7.23. The van der Waals surface area contributed by atoms with Crippen LogP contribution in [0.25, 0.3) is 11.3 Å². The number of esters is 2. The van der Waals surface area contributed by atoms with Gasteiger partial charge in [-0.15, -0.1) is 0 Å². The molecule has 0 spiro atoms.